The zero-order chi connectivity index (χ0) is 9.14. The lowest BCUT2D eigenvalue weighted by molar-refractivity contribution is 0.0587. The van der Waals surface area contributed by atoms with Crippen molar-refractivity contribution in [2.45, 2.75) is 0 Å². The summed E-state index contributed by atoms with van der Waals surface area (Å²) < 4.78 is 29.3. The summed E-state index contributed by atoms with van der Waals surface area (Å²) in [4.78, 5) is 14.0. The van der Waals surface area contributed by atoms with Crippen molar-refractivity contribution in [2.75, 3.05) is 7.11 Å². The number of pyridine rings is 1. The molecule has 1 aromatic rings. The lowest BCUT2D eigenvalue weighted by atomic mass is 10.3. The molecule has 0 spiro atoms. The summed E-state index contributed by atoms with van der Waals surface area (Å²) in [5.74, 6) is -3.40. The average Bonchev–Trinajstić information content (AvgIpc) is 2.08. The molecule has 0 amide bonds. The molecule has 0 radical (unpaired) electrons. The number of esters is 1. The van der Waals surface area contributed by atoms with Crippen LogP contribution >= 0.6 is 0 Å². The van der Waals surface area contributed by atoms with E-state index in [9.17, 15) is 13.6 Å². The molecule has 3 nitrogen and oxygen atoms in total. The third-order valence-corrected chi connectivity index (χ3v) is 1.22. The van der Waals surface area contributed by atoms with Crippen LogP contribution in [0, 0.1) is 11.6 Å². The Morgan fingerprint density at radius 1 is 1.58 bits per heavy atom. The third kappa shape index (κ3) is 1.39. The van der Waals surface area contributed by atoms with Crippen LogP contribution in [0.1, 0.15) is 10.5 Å². The second-order valence-corrected chi connectivity index (χ2v) is 1.95. The molecule has 0 N–H and O–H groups in total. The summed E-state index contributed by atoms with van der Waals surface area (Å²) >= 11 is 0. The molecule has 1 rings (SSSR count). The summed E-state index contributed by atoms with van der Waals surface area (Å²) in [5.41, 5.74) is -0.641. The van der Waals surface area contributed by atoms with Crippen molar-refractivity contribution in [1.29, 1.82) is 0 Å². The monoisotopic (exact) mass is 173 g/mol. The molecule has 0 saturated heterocycles. The lowest BCUT2D eigenvalue weighted by Crippen LogP contribution is -2.08. The van der Waals surface area contributed by atoms with Crippen molar-refractivity contribution in [3.8, 4) is 0 Å². The molecule has 0 atom stereocenters. The van der Waals surface area contributed by atoms with Gasteiger partial charge < -0.3 is 4.74 Å². The van der Waals surface area contributed by atoms with Crippen LogP contribution in [0.15, 0.2) is 12.3 Å². The van der Waals surface area contributed by atoms with E-state index in [1.807, 2.05) is 0 Å². The van der Waals surface area contributed by atoms with E-state index in [1.165, 1.54) is 0 Å². The number of carbonyl (C=O) groups excluding carboxylic acids is 1. The van der Waals surface area contributed by atoms with Gasteiger partial charge >= 0.3 is 5.97 Å². The standard InChI is InChI=1S/C7H5F2NO2/c1-12-7(11)6-5(9)4(8)2-3-10-6/h2-3H,1H3. The van der Waals surface area contributed by atoms with Gasteiger partial charge in [0.2, 0.25) is 0 Å². The number of hydrogen-bond acceptors (Lipinski definition) is 3. The molecule has 0 aliphatic carbocycles. The Bertz CT molecular complexity index is 314. The van der Waals surface area contributed by atoms with E-state index in [0.29, 0.717) is 0 Å². The highest BCUT2D eigenvalue weighted by Gasteiger charge is 2.16. The van der Waals surface area contributed by atoms with E-state index in [4.69, 9.17) is 0 Å². The van der Waals surface area contributed by atoms with Gasteiger partial charge in [-0.15, -0.1) is 0 Å². The van der Waals surface area contributed by atoms with E-state index in [0.717, 1.165) is 19.4 Å². The van der Waals surface area contributed by atoms with Gasteiger partial charge in [-0.2, -0.15) is 0 Å². The number of carbonyl (C=O) groups is 1. The Morgan fingerprint density at radius 3 is 2.83 bits per heavy atom. The van der Waals surface area contributed by atoms with Gasteiger partial charge in [0.25, 0.3) is 0 Å². The molecule has 1 aromatic heterocycles. The van der Waals surface area contributed by atoms with Gasteiger partial charge in [-0.3, -0.25) is 0 Å². The first-order valence-corrected chi connectivity index (χ1v) is 3.05. The molecule has 64 valence electrons. The van der Waals surface area contributed by atoms with Crippen LogP contribution in [0.25, 0.3) is 0 Å². The van der Waals surface area contributed by atoms with Gasteiger partial charge in [-0.25, -0.2) is 18.6 Å². The molecule has 0 aliphatic rings. The van der Waals surface area contributed by atoms with Gasteiger partial charge in [0.15, 0.2) is 17.3 Å². The summed E-state index contributed by atoms with van der Waals surface area (Å²) in [5, 5.41) is 0. The van der Waals surface area contributed by atoms with Crippen LogP contribution in [0.3, 0.4) is 0 Å². The van der Waals surface area contributed by atoms with Crippen LogP contribution < -0.4 is 0 Å². The molecule has 0 aliphatic heterocycles. The fourth-order valence-corrected chi connectivity index (χ4v) is 0.659. The van der Waals surface area contributed by atoms with Crippen molar-refractivity contribution in [3.05, 3.63) is 29.6 Å². The topological polar surface area (TPSA) is 39.2 Å². The maximum atomic E-state index is 12.7. The first-order chi connectivity index (χ1) is 5.66. The molecule has 5 heteroatoms. The van der Waals surface area contributed by atoms with E-state index in [2.05, 4.69) is 9.72 Å². The maximum absolute atomic E-state index is 12.7. The van der Waals surface area contributed by atoms with E-state index in [-0.39, 0.29) is 0 Å². The van der Waals surface area contributed by atoms with Crippen molar-refractivity contribution >= 4 is 5.97 Å². The quantitative estimate of drug-likeness (QED) is 0.598. The third-order valence-electron chi connectivity index (χ3n) is 1.22. The van der Waals surface area contributed by atoms with Gasteiger partial charge in [0.05, 0.1) is 7.11 Å². The molecular formula is C7H5F2NO2. The largest absolute Gasteiger partial charge is 0.464 e. The van der Waals surface area contributed by atoms with E-state index < -0.39 is 23.3 Å². The van der Waals surface area contributed by atoms with Gasteiger partial charge in [0, 0.05) is 6.20 Å². The van der Waals surface area contributed by atoms with E-state index in [1.54, 1.807) is 0 Å². The van der Waals surface area contributed by atoms with Crippen LogP contribution in [0.4, 0.5) is 8.78 Å². The normalized spacial score (nSPS) is 9.58. The highest BCUT2D eigenvalue weighted by atomic mass is 19.2. The summed E-state index contributed by atoms with van der Waals surface area (Å²) in [6.07, 6.45) is 0.991. The summed E-state index contributed by atoms with van der Waals surface area (Å²) in [7, 11) is 1.06. The maximum Gasteiger partial charge on any atom is 0.359 e. The zero-order valence-corrected chi connectivity index (χ0v) is 6.17. The van der Waals surface area contributed by atoms with Gasteiger partial charge in [-0.1, -0.05) is 0 Å². The first kappa shape index (κ1) is 8.58. The van der Waals surface area contributed by atoms with Crippen molar-refractivity contribution in [3.63, 3.8) is 0 Å². The first-order valence-electron chi connectivity index (χ1n) is 3.05. The smallest absolute Gasteiger partial charge is 0.359 e. The molecule has 12 heavy (non-hydrogen) atoms. The predicted molar refractivity (Wildman–Crippen MR) is 35.5 cm³/mol. The van der Waals surface area contributed by atoms with Crippen LogP contribution in [0.2, 0.25) is 0 Å². The Morgan fingerprint density at radius 2 is 2.25 bits per heavy atom. The average molecular weight is 173 g/mol. The summed E-state index contributed by atoms with van der Waals surface area (Å²) in [6, 6.07) is 0.821. The van der Waals surface area contributed by atoms with Crippen LogP contribution in [0.5, 0.6) is 0 Å². The number of aromatic nitrogens is 1. The minimum absolute atomic E-state index is 0.641. The lowest BCUT2D eigenvalue weighted by Gasteiger charge is -1.98. The second kappa shape index (κ2) is 3.25. The molecule has 0 saturated carbocycles. The molecule has 0 bridgehead atoms. The van der Waals surface area contributed by atoms with Crippen LogP contribution in [-0.2, 0) is 4.74 Å². The van der Waals surface area contributed by atoms with Crippen molar-refractivity contribution in [2.24, 2.45) is 0 Å². The Balaban J connectivity index is 3.16. The molecule has 0 fully saturated rings. The highest BCUT2D eigenvalue weighted by Crippen LogP contribution is 2.08. The minimum atomic E-state index is -1.29. The number of nitrogens with zero attached hydrogens (tertiary/aromatic N) is 1. The molecule has 1 heterocycles. The van der Waals surface area contributed by atoms with Crippen molar-refractivity contribution in [1.82, 2.24) is 4.98 Å². The highest BCUT2D eigenvalue weighted by molar-refractivity contribution is 5.87. The van der Waals surface area contributed by atoms with Crippen molar-refractivity contribution < 1.29 is 18.3 Å². The van der Waals surface area contributed by atoms with E-state index >= 15 is 0 Å². The molecule has 0 aromatic carbocycles. The zero-order valence-electron chi connectivity index (χ0n) is 6.17. The fourth-order valence-electron chi connectivity index (χ4n) is 0.659. The van der Waals surface area contributed by atoms with Gasteiger partial charge in [-0.05, 0) is 6.07 Å². The number of ether oxygens (including phenoxy) is 1. The Kier molecular flexibility index (Phi) is 2.32. The van der Waals surface area contributed by atoms with Gasteiger partial charge in [0.1, 0.15) is 0 Å². The minimum Gasteiger partial charge on any atom is -0.464 e. The number of hydrogen-bond donors (Lipinski definition) is 0. The fraction of sp³-hybridized carbons (Fsp3) is 0.143. The molecule has 0 unspecified atom stereocenters. The Labute approximate surface area is 67.0 Å². The SMILES string of the molecule is COC(=O)c1nccc(F)c1F. The predicted octanol–water partition coefficient (Wildman–Crippen LogP) is 1.15. The summed E-state index contributed by atoms with van der Waals surface area (Å²) in [6.45, 7) is 0. The molecular weight excluding hydrogens is 168 g/mol. The number of halogens is 2. The van der Waals surface area contributed by atoms with Crippen LogP contribution in [-0.4, -0.2) is 18.1 Å². The second-order valence-electron chi connectivity index (χ2n) is 1.95. The number of methoxy groups -OCH3 is 1. The number of rotatable bonds is 1. The Hall–Kier alpha value is -1.52.